The van der Waals surface area contributed by atoms with Crippen molar-refractivity contribution in [3.63, 3.8) is 0 Å². The quantitative estimate of drug-likeness (QED) is 0.667. The van der Waals surface area contributed by atoms with Gasteiger partial charge in [0.1, 0.15) is 0 Å². The van der Waals surface area contributed by atoms with Crippen LogP contribution in [0.25, 0.3) is 0 Å². The van der Waals surface area contributed by atoms with Crippen molar-refractivity contribution in [1.29, 1.82) is 0 Å². The largest absolute Gasteiger partial charge is 0.375 e. The number of rotatable bonds is 1. The van der Waals surface area contributed by atoms with Gasteiger partial charge < -0.3 is 9.64 Å². The first-order valence-corrected chi connectivity index (χ1v) is 5.58. The first kappa shape index (κ1) is 12.5. The fourth-order valence-corrected chi connectivity index (χ4v) is 2.95. The molecule has 1 saturated heterocycles. The fourth-order valence-electron chi connectivity index (χ4n) is 2.95. The summed E-state index contributed by atoms with van der Waals surface area (Å²) in [5.41, 5.74) is -0.163. The number of likely N-dealkylation sites (tertiary alicyclic amines) is 1. The second-order valence-electron chi connectivity index (χ2n) is 5.48. The summed E-state index contributed by atoms with van der Waals surface area (Å²) < 4.78 is 5.76. The molecule has 0 N–H and O–H groups in total. The summed E-state index contributed by atoms with van der Waals surface area (Å²) in [4.78, 5) is 13.4. The number of hydrogen-bond donors (Lipinski definition) is 0. The molecule has 2 atom stereocenters. The molecule has 1 aliphatic heterocycles. The zero-order chi connectivity index (χ0) is 11.9. The molecule has 88 valence electrons. The van der Waals surface area contributed by atoms with Gasteiger partial charge in [-0.15, -0.1) is 0 Å². The highest BCUT2D eigenvalue weighted by atomic mass is 16.5. The average molecular weight is 213 g/mol. The van der Waals surface area contributed by atoms with Gasteiger partial charge >= 0.3 is 0 Å². The number of carbonyl (C=O) groups is 1. The number of methoxy groups -OCH3 is 1. The summed E-state index contributed by atoms with van der Waals surface area (Å²) in [5, 5.41) is 0. The Morgan fingerprint density at radius 3 is 2.20 bits per heavy atom. The monoisotopic (exact) mass is 213 g/mol. The summed E-state index contributed by atoms with van der Waals surface area (Å²) in [6.45, 7) is 11.1. The lowest BCUT2D eigenvalue weighted by Gasteiger charge is -2.44. The Kier molecular flexibility index (Phi) is 3.15. The van der Waals surface area contributed by atoms with Crippen LogP contribution in [-0.4, -0.2) is 36.1 Å². The Balaban J connectivity index is 3.01. The van der Waals surface area contributed by atoms with E-state index in [1.807, 2.05) is 4.90 Å². The van der Waals surface area contributed by atoms with Crippen molar-refractivity contribution in [3.05, 3.63) is 0 Å². The van der Waals surface area contributed by atoms with E-state index in [4.69, 9.17) is 4.74 Å². The molecule has 0 aromatic heterocycles. The Hall–Kier alpha value is -0.570. The predicted octanol–water partition coefficient (Wildman–Crippen LogP) is 2.06. The van der Waals surface area contributed by atoms with Gasteiger partial charge in [-0.2, -0.15) is 0 Å². The minimum Gasteiger partial charge on any atom is -0.375 e. The maximum absolute atomic E-state index is 11.5. The molecule has 2 unspecified atom stereocenters. The Morgan fingerprint density at radius 1 is 1.47 bits per heavy atom. The van der Waals surface area contributed by atoms with Gasteiger partial charge in [0.25, 0.3) is 0 Å². The van der Waals surface area contributed by atoms with Crippen LogP contribution in [0.3, 0.4) is 0 Å². The van der Waals surface area contributed by atoms with Crippen LogP contribution in [0.5, 0.6) is 0 Å². The van der Waals surface area contributed by atoms with E-state index in [1.165, 1.54) is 0 Å². The van der Waals surface area contributed by atoms with Crippen molar-refractivity contribution < 1.29 is 9.53 Å². The van der Waals surface area contributed by atoms with E-state index in [2.05, 4.69) is 27.7 Å². The lowest BCUT2D eigenvalue weighted by molar-refractivity contribution is -0.138. The van der Waals surface area contributed by atoms with Crippen LogP contribution in [0, 0.1) is 5.41 Å². The fraction of sp³-hybridized carbons (Fsp3) is 0.917. The third-order valence-corrected chi connectivity index (χ3v) is 3.90. The molecule has 0 bridgehead atoms. The van der Waals surface area contributed by atoms with E-state index >= 15 is 0 Å². The first-order valence-electron chi connectivity index (χ1n) is 5.58. The molecule has 0 aliphatic carbocycles. The Bertz CT molecular complexity index is 257. The predicted molar refractivity (Wildman–Crippen MR) is 60.7 cm³/mol. The molecule has 0 aromatic carbocycles. The molecule has 0 radical (unpaired) electrons. The third-order valence-electron chi connectivity index (χ3n) is 3.90. The second-order valence-corrected chi connectivity index (χ2v) is 5.48. The van der Waals surface area contributed by atoms with Crippen LogP contribution in [0.15, 0.2) is 0 Å². The van der Waals surface area contributed by atoms with Gasteiger partial charge in [-0.25, -0.2) is 0 Å². The highest BCUT2D eigenvalue weighted by molar-refractivity contribution is 5.74. The molecule has 15 heavy (non-hydrogen) atoms. The molecule has 1 fully saturated rings. The third kappa shape index (κ3) is 1.78. The van der Waals surface area contributed by atoms with E-state index in [-0.39, 0.29) is 23.0 Å². The van der Waals surface area contributed by atoms with Gasteiger partial charge in [0, 0.05) is 20.6 Å². The van der Waals surface area contributed by atoms with Gasteiger partial charge in [0.15, 0.2) is 0 Å². The molecule has 3 heteroatoms. The number of amides is 1. The maximum Gasteiger partial charge on any atom is 0.219 e. The zero-order valence-electron chi connectivity index (χ0n) is 10.8. The van der Waals surface area contributed by atoms with Gasteiger partial charge in [0.05, 0.1) is 11.6 Å². The van der Waals surface area contributed by atoms with E-state index in [1.54, 1.807) is 14.0 Å². The summed E-state index contributed by atoms with van der Waals surface area (Å²) in [7, 11) is 1.76. The summed E-state index contributed by atoms with van der Waals surface area (Å²) in [6, 6.07) is 0.153. The van der Waals surface area contributed by atoms with Gasteiger partial charge in [-0.05, 0) is 18.8 Å². The maximum atomic E-state index is 11.5. The van der Waals surface area contributed by atoms with E-state index in [0.717, 1.165) is 13.0 Å². The van der Waals surface area contributed by atoms with Crippen LogP contribution in [0.2, 0.25) is 0 Å². The van der Waals surface area contributed by atoms with Crippen LogP contribution >= 0.6 is 0 Å². The summed E-state index contributed by atoms with van der Waals surface area (Å²) in [5.74, 6) is 0.144. The molecule has 1 aliphatic rings. The van der Waals surface area contributed by atoms with Crippen LogP contribution in [0.1, 0.15) is 41.0 Å². The second kappa shape index (κ2) is 3.78. The van der Waals surface area contributed by atoms with Crippen molar-refractivity contribution in [2.75, 3.05) is 13.7 Å². The standard InChI is InChI=1S/C12H23NO2/c1-9-12(15-6,11(3,4)5)7-8-13(9)10(2)14/h9H,7-8H2,1-6H3. The van der Waals surface area contributed by atoms with E-state index in [9.17, 15) is 4.79 Å². The van der Waals surface area contributed by atoms with Crippen molar-refractivity contribution in [1.82, 2.24) is 4.90 Å². The Morgan fingerprint density at radius 2 is 2.00 bits per heavy atom. The average Bonchev–Trinajstić information content (AvgIpc) is 2.42. The minimum atomic E-state index is -0.210. The number of nitrogens with zero attached hydrogens (tertiary/aromatic N) is 1. The van der Waals surface area contributed by atoms with E-state index in [0.29, 0.717) is 0 Å². The topological polar surface area (TPSA) is 29.5 Å². The molecule has 0 spiro atoms. The minimum absolute atomic E-state index is 0.0470. The lowest BCUT2D eigenvalue weighted by Crippen LogP contribution is -2.53. The molecule has 0 aromatic rings. The number of ether oxygens (including phenoxy) is 1. The van der Waals surface area contributed by atoms with Crippen molar-refractivity contribution in [2.45, 2.75) is 52.7 Å². The van der Waals surface area contributed by atoms with Crippen LogP contribution in [-0.2, 0) is 9.53 Å². The zero-order valence-corrected chi connectivity index (χ0v) is 10.8. The van der Waals surface area contributed by atoms with Crippen LogP contribution < -0.4 is 0 Å². The molecule has 1 heterocycles. The van der Waals surface area contributed by atoms with Gasteiger partial charge in [0.2, 0.25) is 5.91 Å². The molecular formula is C12H23NO2. The summed E-state index contributed by atoms with van der Waals surface area (Å²) in [6.07, 6.45) is 0.924. The molecule has 1 rings (SSSR count). The van der Waals surface area contributed by atoms with Crippen molar-refractivity contribution in [2.24, 2.45) is 5.41 Å². The highest BCUT2D eigenvalue weighted by Gasteiger charge is 2.53. The highest BCUT2D eigenvalue weighted by Crippen LogP contribution is 2.44. The normalized spacial score (nSPS) is 32.1. The first-order chi connectivity index (χ1) is 6.76. The Labute approximate surface area is 92.8 Å². The van der Waals surface area contributed by atoms with Crippen LogP contribution in [0.4, 0.5) is 0 Å². The molecule has 3 nitrogen and oxygen atoms in total. The smallest absolute Gasteiger partial charge is 0.219 e. The van der Waals surface area contributed by atoms with Crippen molar-refractivity contribution >= 4 is 5.91 Å². The number of hydrogen-bond acceptors (Lipinski definition) is 2. The van der Waals surface area contributed by atoms with Crippen molar-refractivity contribution in [3.8, 4) is 0 Å². The summed E-state index contributed by atoms with van der Waals surface area (Å²) >= 11 is 0. The SMILES string of the molecule is COC1(C(C)(C)C)CCN(C(C)=O)C1C. The van der Waals surface area contributed by atoms with Gasteiger partial charge in [-0.3, -0.25) is 4.79 Å². The van der Waals surface area contributed by atoms with Gasteiger partial charge in [-0.1, -0.05) is 20.8 Å². The molecule has 1 amide bonds. The van der Waals surface area contributed by atoms with E-state index < -0.39 is 0 Å². The number of carbonyl (C=O) groups excluding carboxylic acids is 1. The molecular weight excluding hydrogens is 190 g/mol. The molecule has 0 saturated carbocycles. The lowest BCUT2D eigenvalue weighted by atomic mass is 9.72.